The fourth-order valence-electron chi connectivity index (χ4n) is 3.68. The number of guanidine groups is 1. The largest absolute Gasteiger partial charge is 0.381 e. The molecule has 3 unspecified atom stereocenters. The second-order valence-electron chi connectivity index (χ2n) is 6.56. The minimum atomic E-state index is 0.242. The Morgan fingerprint density at radius 1 is 1.32 bits per heavy atom. The Balaban J connectivity index is 1.59. The summed E-state index contributed by atoms with van der Waals surface area (Å²) in [5, 5.41) is 7.00. The molecule has 2 bridgehead atoms. The van der Waals surface area contributed by atoms with E-state index >= 15 is 0 Å². The van der Waals surface area contributed by atoms with E-state index in [9.17, 15) is 0 Å². The van der Waals surface area contributed by atoms with Gasteiger partial charge in [-0.3, -0.25) is 4.99 Å². The van der Waals surface area contributed by atoms with Gasteiger partial charge in [-0.25, -0.2) is 0 Å². The van der Waals surface area contributed by atoms with Crippen LogP contribution in [-0.4, -0.2) is 61.5 Å². The molecule has 3 fully saturated rings. The van der Waals surface area contributed by atoms with Crippen LogP contribution in [0, 0.1) is 0 Å². The minimum absolute atomic E-state index is 0.242. The topological polar surface area (TPSA) is 54.9 Å². The number of aliphatic imine (C=N–C) groups is 1. The van der Waals surface area contributed by atoms with Crippen LogP contribution < -0.4 is 10.6 Å². The first-order valence-corrected chi connectivity index (χ1v) is 9.80. The Hall–Kier alpha value is -0.460. The summed E-state index contributed by atoms with van der Waals surface area (Å²) in [6.07, 6.45) is 8.77. The van der Waals surface area contributed by atoms with Crippen LogP contribution in [0.2, 0.25) is 0 Å². The molecule has 0 aromatic carbocycles. The number of nitrogens with zero attached hydrogens (tertiary/aromatic N) is 1. The molecule has 5 nitrogen and oxygen atoms in total. The van der Waals surface area contributed by atoms with Gasteiger partial charge in [0.2, 0.25) is 0 Å². The maximum atomic E-state index is 5.93. The monoisotopic (exact) mass is 327 g/mol. The third-order valence-corrected chi connectivity index (χ3v) is 6.54. The van der Waals surface area contributed by atoms with Crippen molar-refractivity contribution in [3.8, 4) is 0 Å². The Labute approximate surface area is 138 Å². The van der Waals surface area contributed by atoms with Gasteiger partial charge in [0.15, 0.2) is 5.96 Å². The second kappa shape index (κ2) is 7.41. The Morgan fingerprint density at radius 2 is 2.14 bits per heavy atom. The molecule has 0 aromatic rings. The molecule has 0 spiro atoms. The number of hydrogen-bond acceptors (Lipinski definition) is 4. The molecule has 0 saturated carbocycles. The van der Waals surface area contributed by atoms with Crippen molar-refractivity contribution in [3.63, 3.8) is 0 Å². The van der Waals surface area contributed by atoms with E-state index in [0.29, 0.717) is 18.2 Å². The fraction of sp³-hybridized carbons (Fsp3) is 0.938. The van der Waals surface area contributed by atoms with Crippen LogP contribution in [0.15, 0.2) is 4.99 Å². The summed E-state index contributed by atoms with van der Waals surface area (Å²) < 4.78 is 11.7. The Morgan fingerprint density at radius 3 is 2.73 bits per heavy atom. The molecule has 3 aliphatic heterocycles. The molecule has 126 valence electrons. The highest BCUT2D eigenvalue weighted by Gasteiger charge is 2.41. The standard InChI is InChI=1S/C16H29N3O2S/c1-3-17-15(19-13-10-12-4-5-14(13)21-12)18-11-16(22-2)6-8-20-9-7-16/h12-14H,3-11H2,1-2H3,(H2,17,18,19). The summed E-state index contributed by atoms with van der Waals surface area (Å²) in [5.74, 6) is 0.948. The predicted octanol–water partition coefficient (Wildman–Crippen LogP) is 1.77. The van der Waals surface area contributed by atoms with Crippen LogP contribution in [0.25, 0.3) is 0 Å². The first kappa shape index (κ1) is 16.4. The molecule has 6 heteroatoms. The number of ether oxygens (including phenoxy) is 2. The van der Waals surface area contributed by atoms with Crippen molar-refractivity contribution >= 4 is 17.7 Å². The van der Waals surface area contributed by atoms with Crippen molar-refractivity contribution in [2.75, 3.05) is 32.6 Å². The third-order valence-electron chi connectivity index (χ3n) is 5.13. The van der Waals surface area contributed by atoms with Gasteiger partial charge in [0, 0.05) is 24.5 Å². The smallest absolute Gasteiger partial charge is 0.191 e. The lowest BCUT2D eigenvalue weighted by atomic mass is 9.96. The Bertz CT molecular complexity index is 399. The van der Waals surface area contributed by atoms with Gasteiger partial charge in [-0.15, -0.1) is 0 Å². The van der Waals surface area contributed by atoms with E-state index in [4.69, 9.17) is 14.5 Å². The highest BCUT2D eigenvalue weighted by atomic mass is 32.2. The summed E-state index contributed by atoms with van der Waals surface area (Å²) >= 11 is 1.94. The van der Waals surface area contributed by atoms with Gasteiger partial charge >= 0.3 is 0 Å². The molecule has 3 rings (SSSR count). The van der Waals surface area contributed by atoms with Crippen molar-refractivity contribution < 1.29 is 9.47 Å². The van der Waals surface area contributed by atoms with E-state index in [-0.39, 0.29) is 4.75 Å². The molecule has 2 N–H and O–H groups in total. The molecule has 0 aliphatic carbocycles. The van der Waals surface area contributed by atoms with Crippen LogP contribution in [0.5, 0.6) is 0 Å². The number of rotatable bonds is 5. The normalized spacial score (nSPS) is 33.9. The molecular formula is C16H29N3O2S. The van der Waals surface area contributed by atoms with E-state index < -0.39 is 0 Å². The van der Waals surface area contributed by atoms with Crippen molar-refractivity contribution in [2.45, 2.75) is 62.0 Å². The first-order valence-electron chi connectivity index (χ1n) is 8.58. The molecule has 0 amide bonds. The van der Waals surface area contributed by atoms with Crippen LogP contribution in [0.1, 0.15) is 39.0 Å². The second-order valence-corrected chi connectivity index (χ2v) is 7.83. The summed E-state index contributed by atoms with van der Waals surface area (Å²) in [7, 11) is 0. The zero-order valence-corrected chi connectivity index (χ0v) is 14.6. The van der Waals surface area contributed by atoms with Gasteiger partial charge in [0.25, 0.3) is 0 Å². The lowest BCUT2D eigenvalue weighted by molar-refractivity contribution is 0.0794. The zero-order valence-electron chi connectivity index (χ0n) is 13.8. The van der Waals surface area contributed by atoms with E-state index in [1.54, 1.807) is 0 Å². The van der Waals surface area contributed by atoms with Gasteiger partial charge in [-0.2, -0.15) is 11.8 Å². The van der Waals surface area contributed by atoms with Crippen molar-refractivity contribution in [1.82, 2.24) is 10.6 Å². The minimum Gasteiger partial charge on any atom is -0.381 e. The summed E-state index contributed by atoms with van der Waals surface area (Å²) in [6, 6.07) is 0.427. The molecule has 3 saturated heterocycles. The molecule has 0 radical (unpaired) electrons. The van der Waals surface area contributed by atoms with E-state index in [1.165, 1.54) is 12.8 Å². The third kappa shape index (κ3) is 3.71. The summed E-state index contributed by atoms with van der Waals surface area (Å²) in [4.78, 5) is 4.89. The number of thioether (sulfide) groups is 1. The lowest BCUT2D eigenvalue weighted by Gasteiger charge is -2.34. The lowest BCUT2D eigenvalue weighted by Crippen LogP contribution is -2.48. The molecule has 3 heterocycles. The van der Waals surface area contributed by atoms with Gasteiger partial charge in [-0.05, 0) is 45.3 Å². The number of hydrogen-bond donors (Lipinski definition) is 2. The van der Waals surface area contributed by atoms with E-state index in [0.717, 1.165) is 51.5 Å². The highest BCUT2D eigenvalue weighted by molar-refractivity contribution is 8.00. The molecule has 0 aromatic heterocycles. The summed E-state index contributed by atoms with van der Waals surface area (Å²) in [5.41, 5.74) is 0. The molecular weight excluding hydrogens is 298 g/mol. The van der Waals surface area contributed by atoms with Gasteiger partial charge in [0.1, 0.15) is 0 Å². The first-order chi connectivity index (χ1) is 10.7. The van der Waals surface area contributed by atoms with Crippen LogP contribution in [-0.2, 0) is 9.47 Å². The van der Waals surface area contributed by atoms with Gasteiger partial charge in [-0.1, -0.05) is 0 Å². The predicted molar refractivity (Wildman–Crippen MR) is 91.7 cm³/mol. The SMILES string of the molecule is CCNC(=NCC1(SC)CCOCC1)NC1CC2CCC1O2. The van der Waals surface area contributed by atoms with Crippen LogP contribution in [0.3, 0.4) is 0 Å². The van der Waals surface area contributed by atoms with Gasteiger partial charge in [0.05, 0.1) is 24.8 Å². The molecule has 3 atom stereocenters. The van der Waals surface area contributed by atoms with Crippen LogP contribution in [0.4, 0.5) is 0 Å². The Kier molecular flexibility index (Phi) is 5.52. The highest BCUT2D eigenvalue weighted by Crippen LogP contribution is 2.35. The molecule has 3 aliphatic rings. The van der Waals surface area contributed by atoms with Crippen molar-refractivity contribution in [3.05, 3.63) is 0 Å². The maximum Gasteiger partial charge on any atom is 0.191 e. The van der Waals surface area contributed by atoms with Gasteiger partial charge < -0.3 is 20.1 Å². The molecule has 22 heavy (non-hydrogen) atoms. The average Bonchev–Trinajstić information content (AvgIpc) is 3.16. The number of fused-ring (bicyclic) bond motifs is 2. The fourth-order valence-corrected chi connectivity index (χ4v) is 4.45. The summed E-state index contributed by atoms with van der Waals surface area (Å²) in [6.45, 7) is 5.59. The van der Waals surface area contributed by atoms with E-state index in [1.807, 2.05) is 11.8 Å². The zero-order chi connectivity index (χ0) is 15.4. The maximum absolute atomic E-state index is 5.93. The quantitative estimate of drug-likeness (QED) is 0.595. The van der Waals surface area contributed by atoms with E-state index in [2.05, 4.69) is 23.8 Å². The number of nitrogens with one attached hydrogen (secondary N) is 2. The van der Waals surface area contributed by atoms with Crippen LogP contribution >= 0.6 is 11.8 Å². The van der Waals surface area contributed by atoms with Crippen molar-refractivity contribution in [1.29, 1.82) is 0 Å². The average molecular weight is 327 g/mol. The van der Waals surface area contributed by atoms with Crippen molar-refractivity contribution in [2.24, 2.45) is 4.99 Å².